The van der Waals surface area contributed by atoms with Crippen LogP contribution in [0, 0.1) is 0 Å². The molecule has 0 aliphatic heterocycles. The number of hydrogen-bond acceptors (Lipinski definition) is 6. The Kier molecular flexibility index (Phi) is 6.52. The van der Waals surface area contributed by atoms with Crippen LogP contribution in [0.1, 0.15) is 5.56 Å². The predicted octanol–water partition coefficient (Wildman–Crippen LogP) is 4.03. The van der Waals surface area contributed by atoms with Gasteiger partial charge in [-0.25, -0.2) is 4.98 Å². The zero-order chi connectivity index (χ0) is 20.6. The number of carbonyl (C=O) groups excluding carboxylic acids is 1. The molecule has 0 saturated carbocycles. The van der Waals surface area contributed by atoms with Gasteiger partial charge in [-0.05, 0) is 54.1 Å². The zero-order valence-electron chi connectivity index (χ0n) is 16.6. The number of nitrogens with zero attached hydrogens (tertiary/aromatic N) is 1. The van der Waals surface area contributed by atoms with Crippen LogP contribution in [0.25, 0.3) is 0 Å². The van der Waals surface area contributed by atoms with Gasteiger partial charge in [0.25, 0.3) is 0 Å². The first kappa shape index (κ1) is 20.0. The van der Waals surface area contributed by atoms with Crippen LogP contribution in [0.3, 0.4) is 0 Å². The van der Waals surface area contributed by atoms with E-state index >= 15 is 0 Å². The number of anilines is 3. The minimum atomic E-state index is -0.144. The second-order valence-corrected chi connectivity index (χ2v) is 6.20. The van der Waals surface area contributed by atoms with E-state index in [0.717, 1.165) is 17.0 Å². The molecule has 7 heteroatoms. The summed E-state index contributed by atoms with van der Waals surface area (Å²) in [5.74, 6) is 2.54. The molecule has 1 heterocycles. The molecule has 0 aliphatic carbocycles. The van der Waals surface area contributed by atoms with Gasteiger partial charge in [-0.15, -0.1) is 0 Å². The second-order valence-electron chi connectivity index (χ2n) is 6.20. The van der Waals surface area contributed by atoms with Crippen LogP contribution in [-0.2, 0) is 11.2 Å². The normalized spacial score (nSPS) is 10.2. The fourth-order valence-electron chi connectivity index (χ4n) is 2.75. The van der Waals surface area contributed by atoms with E-state index in [1.54, 1.807) is 51.8 Å². The van der Waals surface area contributed by atoms with Crippen LogP contribution in [-0.4, -0.2) is 32.2 Å². The Morgan fingerprint density at radius 1 is 0.862 bits per heavy atom. The van der Waals surface area contributed by atoms with Gasteiger partial charge < -0.3 is 24.8 Å². The van der Waals surface area contributed by atoms with Gasteiger partial charge in [0.15, 0.2) is 11.5 Å². The first-order valence-corrected chi connectivity index (χ1v) is 8.99. The smallest absolute Gasteiger partial charge is 0.228 e. The molecule has 7 nitrogen and oxygen atoms in total. The Labute approximate surface area is 169 Å². The predicted molar refractivity (Wildman–Crippen MR) is 112 cm³/mol. The van der Waals surface area contributed by atoms with Crippen LogP contribution < -0.4 is 24.8 Å². The number of carbonyl (C=O) groups is 1. The van der Waals surface area contributed by atoms with Gasteiger partial charge in [0.05, 0.1) is 39.6 Å². The van der Waals surface area contributed by atoms with Crippen molar-refractivity contribution in [2.75, 3.05) is 32.0 Å². The molecule has 0 spiro atoms. The van der Waals surface area contributed by atoms with Gasteiger partial charge in [0, 0.05) is 5.69 Å². The minimum absolute atomic E-state index is 0.144. The summed E-state index contributed by atoms with van der Waals surface area (Å²) in [6.45, 7) is 0. The lowest BCUT2D eigenvalue weighted by Crippen LogP contribution is -2.14. The number of benzene rings is 2. The van der Waals surface area contributed by atoms with E-state index in [1.165, 1.54) is 0 Å². The summed E-state index contributed by atoms with van der Waals surface area (Å²) in [7, 11) is 4.77. The Morgan fingerprint density at radius 2 is 1.59 bits per heavy atom. The maximum atomic E-state index is 12.3. The molecule has 0 atom stereocenters. The van der Waals surface area contributed by atoms with Crippen LogP contribution >= 0.6 is 0 Å². The van der Waals surface area contributed by atoms with Crippen LogP contribution in [0.4, 0.5) is 17.2 Å². The molecule has 2 aromatic carbocycles. The molecule has 0 radical (unpaired) electrons. The lowest BCUT2D eigenvalue weighted by Gasteiger charge is -2.10. The van der Waals surface area contributed by atoms with Crippen molar-refractivity contribution < 1.29 is 19.0 Å². The van der Waals surface area contributed by atoms with Gasteiger partial charge in [-0.2, -0.15) is 0 Å². The standard InChI is InChI=1S/C22H23N3O4/c1-27-18-8-5-16(6-9-18)24-21-11-7-17(14-23-21)25-22(26)13-15-4-10-19(28-2)20(12-15)29-3/h4-12,14H,13H2,1-3H3,(H,23,24)(H,25,26). The largest absolute Gasteiger partial charge is 0.497 e. The fourth-order valence-corrected chi connectivity index (χ4v) is 2.75. The first-order chi connectivity index (χ1) is 14.1. The number of pyridine rings is 1. The molecule has 150 valence electrons. The molecule has 0 bridgehead atoms. The molecular formula is C22H23N3O4. The van der Waals surface area contributed by atoms with Crippen molar-refractivity contribution in [3.63, 3.8) is 0 Å². The summed E-state index contributed by atoms with van der Waals surface area (Å²) >= 11 is 0. The molecule has 3 aromatic rings. The van der Waals surface area contributed by atoms with Gasteiger partial charge in [-0.1, -0.05) is 6.07 Å². The summed E-state index contributed by atoms with van der Waals surface area (Å²) in [5, 5.41) is 6.04. The minimum Gasteiger partial charge on any atom is -0.497 e. The summed E-state index contributed by atoms with van der Waals surface area (Å²) in [4.78, 5) is 16.7. The second kappa shape index (κ2) is 9.45. The highest BCUT2D eigenvalue weighted by atomic mass is 16.5. The summed E-state index contributed by atoms with van der Waals surface area (Å²) in [6.07, 6.45) is 1.82. The Bertz CT molecular complexity index is 957. The van der Waals surface area contributed by atoms with Crippen LogP contribution in [0.2, 0.25) is 0 Å². The van der Waals surface area contributed by atoms with Gasteiger partial charge in [-0.3, -0.25) is 4.79 Å². The highest BCUT2D eigenvalue weighted by Gasteiger charge is 2.09. The maximum absolute atomic E-state index is 12.3. The van der Waals surface area contributed by atoms with E-state index < -0.39 is 0 Å². The molecule has 1 amide bonds. The van der Waals surface area contributed by atoms with Gasteiger partial charge in [0.1, 0.15) is 11.6 Å². The van der Waals surface area contributed by atoms with Gasteiger partial charge >= 0.3 is 0 Å². The average molecular weight is 393 g/mol. The first-order valence-electron chi connectivity index (χ1n) is 8.99. The Balaban J connectivity index is 1.58. The molecule has 0 fully saturated rings. The van der Waals surface area contributed by atoms with Crippen LogP contribution in [0.5, 0.6) is 17.2 Å². The van der Waals surface area contributed by atoms with Crippen molar-refractivity contribution in [1.82, 2.24) is 4.98 Å². The molecule has 3 rings (SSSR count). The zero-order valence-corrected chi connectivity index (χ0v) is 16.6. The number of ether oxygens (including phenoxy) is 3. The third kappa shape index (κ3) is 5.38. The van der Waals surface area contributed by atoms with Crippen LogP contribution in [0.15, 0.2) is 60.8 Å². The summed E-state index contributed by atoms with van der Waals surface area (Å²) in [5.41, 5.74) is 2.34. The van der Waals surface area contributed by atoms with Crippen molar-refractivity contribution in [1.29, 1.82) is 0 Å². The molecule has 0 aliphatic rings. The molecular weight excluding hydrogens is 370 g/mol. The number of hydrogen-bond donors (Lipinski definition) is 2. The maximum Gasteiger partial charge on any atom is 0.228 e. The van der Waals surface area contributed by atoms with Crippen molar-refractivity contribution in [3.05, 3.63) is 66.4 Å². The van der Waals surface area contributed by atoms with E-state index in [1.807, 2.05) is 30.3 Å². The Hall–Kier alpha value is -3.74. The van der Waals surface area contributed by atoms with E-state index in [-0.39, 0.29) is 12.3 Å². The molecule has 2 N–H and O–H groups in total. The lowest BCUT2D eigenvalue weighted by molar-refractivity contribution is -0.115. The topological polar surface area (TPSA) is 81.7 Å². The summed E-state index contributed by atoms with van der Waals surface area (Å²) < 4.78 is 15.6. The number of rotatable bonds is 8. The molecule has 1 aromatic heterocycles. The van der Waals surface area contributed by atoms with E-state index in [2.05, 4.69) is 15.6 Å². The SMILES string of the molecule is COc1ccc(Nc2ccc(NC(=O)Cc3ccc(OC)c(OC)c3)cn2)cc1. The quantitative estimate of drug-likeness (QED) is 0.601. The highest BCUT2D eigenvalue weighted by molar-refractivity contribution is 5.92. The number of aromatic nitrogens is 1. The monoisotopic (exact) mass is 393 g/mol. The molecule has 0 saturated heterocycles. The third-order valence-corrected chi connectivity index (χ3v) is 4.22. The van der Waals surface area contributed by atoms with E-state index in [4.69, 9.17) is 14.2 Å². The third-order valence-electron chi connectivity index (χ3n) is 4.22. The van der Waals surface area contributed by atoms with Crippen molar-refractivity contribution in [2.45, 2.75) is 6.42 Å². The van der Waals surface area contributed by atoms with Crippen molar-refractivity contribution in [2.24, 2.45) is 0 Å². The molecule has 29 heavy (non-hydrogen) atoms. The van der Waals surface area contributed by atoms with Crippen molar-refractivity contribution in [3.8, 4) is 17.2 Å². The average Bonchev–Trinajstić information content (AvgIpc) is 2.75. The summed E-state index contributed by atoms with van der Waals surface area (Å²) in [6, 6.07) is 16.5. The number of methoxy groups -OCH3 is 3. The highest BCUT2D eigenvalue weighted by Crippen LogP contribution is 2.27. The van der Waals surface area contributed by atoms with E-state index in [0.29, 0.717) is 23.0 Å². The number of amides is 1. The molecule has 0 unspecified atom stereocenters. The van der Waals surface area contributed by atoms with Gasteiger partial charge in [0.2, 0.25) is 5.91 Å². The Morgan fingerprint density at radius 3 is 2.21 bits per heavy atom. The van der Waals surface area contributed by atoms with E-state index in [9.17, 15) is 4.79 Å². The van der Waals surface area contributed by atoms with Crippen molar-refractivity contribution >= 4 is 23.1 Å². The fraction of sp³-hybridized carbons (Fsp3) is 0.182. The lowest BCUT2D eigenvalue weighted by atomic mass is 10.1. The number of nitrogens with one attached hydrogen (secondary N) is 2.